The lowest BCUT2D eigenvalue weighted by Gasteiger charge is -2.29. The van der Waals surface area contributed by atoms with Gasteiger partial charge >= 0.3 is 0 Å². The predicted octanol–water partition coefficient (Wildman–Crippen LogP) is 3.16. The number of carbonyl (C=O) groups excluding carboxylic acids is 2. The standard InChI is InChI=1S/C22H25N3O4S/c1-16-10-11-17(30(28,29)24-12-6-2-3-7-13-24)14-18(16)22(27)25-15-21(26)23-19-8-4-5-9-20(19)25/h4-5,8-11,14H,2-3,6-7,12-13,15H2,1H3,(H,23,26). The maximum atomic E-state index is 13.4. The molecule has 0 unspecified atom stereocenters. The largest absolute Gasteiger partial charge is 0.323 e. The first-order valence-electron chi connectivity index (χ1n) is 10.2. The van der Waals surface area contributed by atoms with Crippen molar-refractivity contribution < 1.29 is 18.0 Å². The third kappa shape index (κ3) is 3.85. The minimum atomic E-state index is -3.68. The number of fused-ring (bicyclic) bond motifs is 1. The number of hydrogen-bond acceptors (Lipinski definition) is 4. The zero-order valence-electron chi connectivity index (χ0n) is 16.9. The molecule has 0 bridgehead atoms. The molecular weight excluding hydrogens is 402 g/mol. The van der Waals surface area contributed by atoms with Crippen molar-refractivity contribution in [3.63, 3.8) is 0 Å². The normalized spacial score (nSPS) is 17.8. The number of carbonyl (C=O) groups is 2. The summed E-state index contributed by atoms with van der Waals surface area (Å²) in [5.41, 5.74) is 2.11. The highest BCUT2D eigenvalue weighted by molar-refractivity contribution is 7.89. The summed E-state index contributed by atoms with van der Waals surface area (Å²) >= 11 is 0. The lowest BCUT2D eigenvalue weighted by atomic mass is 10.1. The second-order valence-corrected chi connectivity index (χ2v) is 9.69. The summed E-state index contributed by atoms with van der Waals surface area (Å²) in [6.07, 6.45) is 3.74. The molecule has 0 aliphatic carbocycles. The van der Waals surface area contributed by atoms with E-state index in [2.05, 4.69) is 5.32 Å². The third-order valence-corrected chi connectivity index (χ3v) is 7.55. The van der Waals surface area contributed by atoms with Gasteiger partial charge in [0.05, 0.1) is 16.3 Å². The zero-order chi connectivity index (χ0) is 21.3. The molecule has 1 N–H and O–H groups in total. The number of rotatable bonds is 3. The molecule has 8 heteroatoms. The Kier molecular flexibility index (Phi) is 5.62. The number of amides is 2. The summed E-state index contributed by atoms with van der Waals surface area (Å²) in [4.78, 5) is 27.0. The van der Waals surface area contributed by atoms with E-state index in [9.17, 15) is 18.0 Å². The van der Waals surface area contributed by atoms with Gasteiger partial charge in [0.2, 0.25) is 15.9 Å². The first kappa shape index (κ1) is 20.6. The second-order valence-electron chi connectivity index (χ2n) is 7.75. The van der Waals surface area contributed by atoms with E-state index in [1.54, 1.807) is 43.3 Å². The number of anilines is 2. The first-order chi connectivity index (χ1) is 14.4. The summed E-state index contributed by atoms with van der Waals surface area (Å²) in [6.45, 7) is 2.65. The van der Waals surface area contributed by atoms with Crippen LogP contribution in [-0.2, 0) is 14.8 Å². The molecule has 2 heterocycles. The third-order valence-electron chi connectivity index (χ3n) is 5.66. The number of sulfonamides is 1. The molecule has 2 amide bonds. The fourth-order valence-corrected chi connectivity index (χ4v) is 5.53. The van der Waals surface area contributed by atoms with E-state index < -0.39 is 10.0 Å². The highest BCUT2D eigenvalue weighted by atomic mass is 32.2. The number of para-hydroxylation sites is 2. The number of nitrogens with zero attached hydrogens (tertiary/aromatic N) is 2. The van der Waals surface area contributed by atoms with Crippen LogP contribution in [0.1, 0.15) is 41.6 Å². The molecule has 0 atom stereocenters. The fourth-order valence-electron chi connectivity index (χ4n) is 3.98. The van der Waals surface area contributed by atoms with Gasteiger partial charge in [-0.1, -0.05) is 31.0 Å². The van der Waals surface area contributed by atoms with E-state index in [1.165, 1.54) is 15.3 Å². The lowest BCUT2D eigenvalue weighted by molar-refractivity contribution is -0.115. The number of aryl methyl sites for hydroxylation is 1. The van der Waals surface area contributed by atoms with Crippen LogP contribution in [0.5, 0.6) is 0 Å². The molecule has 1 fully saturated rings. The Bertz CT molecular complexity index is 1090. The van der Waals surface area contributed by atoms with Gasteiger partial charge in [0.25, 0.3) is 5.91 Å². The Balaban J connectivity index is 1.70. The van der Waals surface area contributed by atoms with Crippen molar-refractivity contribution in [3.8, 4) is 0 Å². The number of benzene rings is 2. The molecule has 2 aromatic rings. The van der Waals surface area contributed by atoms with Crippen LogP contribution in [0.4, 0.5) is 11.4 Å². The monoisotopic (exact) mass is 427 g/mol. The summed E-state index contributed by atoms with van der Waals surface area (Å²) in [5, 5.41) is 2.76. The van der Waals surface area contributed by atoms with Crippen molar-refractivity contribution in [2.45, 2.75) is 37.5 Å². The zero-order valence-corrected chi connectivity index (χ0v) is 17.7. The average molecular weight is 428 g/mol. The van der Waals surface area contributed by atoms with E-state index in [1.807, 2.05) is 0 Å². The van der Waals surface area contributed by atoms with Crippen LogP contribution in [0.3, 0.4) is 0 Å². The van der Waals surface area contributed by atoms with Gasteiger partial charge in [0, 0.05) is 18.7 Å². The van der Waals surface area contributed by atoms with Crippen LogP contribution < -0.4 is 10.2 Å². The molecule has 4 rings (SSSR count). The Morgan fingerprint density at radius 1 is 1.00 bits per heavy atom. The minimum absolute atomic E-state index is 0.113. The molecule has 2 aromatic carbocycles. The van der Waals surface area contributed by atoms with Gasteiger partial charge in [0.15, 0.2) is 0 Å². The van der Waals surface area contributed by atoms with Gasteiger partial charge in [-0.25, -0.2) is 8.42 Å². The van der Waals surface area contributed by atoms with Crippen LogP contribution in [0.2, 0.25) is 0 Å². The Hall–Kier alpha value is -2.71. The Morgan fingerprint density at radius 2 is 1.70 bits per heavy atom. The molecule has 30 heavy (non-hydrogen) atoms. The summed E-state index contributed by atoms with van der Waals surface area (Å²) in [6, 6.07) is 11.8. The SMILES string of the molecule is Cc1ccc(S(=O)(=O)N2CCCCCC2)cc1C(=O)N1CC(=O)Nc2ccccc21. The van der Waals surface area contributed by atoms with Crippen LogP contribution in [0.25, 0.3) is 0 Å². The fraction of sp³-hybridized carbons (Fsp3) is 0.364. The van der Waals surface area contributed by atoms with Crippen LogP contribution in [-0.4, -0.2) is 44.2 Å². The van der Waals surface area contributed by atoms with Gasteiger partial charge < -0.3 is 5.32 Å². The molecular formula is C22H25N3O4S. The summed E-state index contributed by atoms with van der Waals surface area (Å²) < 4.78 is 27.9. The van der Waals surface area contributed by atoms with Gasteiger partial charge in [-0.3, -0.25) is 14.5 Å². The van der Waals surface area contributed by atoms with Crippen LogP contribution >= 0.6 is 0 Å². The average Bonchev–Trinajstić information content (AvgIpc) is 3.03. The van der Waals surface area contributed by atoms with Gasteiger partial charge in [0.1, 0.15) is 6.54 Å². The van der Waals surface area contributed by atoms with E-state index in [0.29, 0.717) is 30.0 Å². The van der Waals surface area contributed by atoms with Crippen molar-refractivity contribution in [3.05, 3.63) is 53.6 Å². The molecule has 0 saturated carbocycles. The van der Waals surface area contributed by atoms with Gasteiger partial charge in [-0.15, -0.1) is 0 Å². The molecule has 7 nitrogen and oxygen atoms in total. The van der Waals surface area contributed by atoms with E-state index >= 15 is 0 Å². The maximum absolute atomic E-state index is 13.4. The van der Waals surface area contributed by atoms with E-state index in [0.717, 1.165) is 25.7 Å². The lowest BCUT2D eigenvalue weighted by Crippen LogP contribution is -2.42. The van der Waals surface area contributed by atoms with Crippen molar-refractivity contribution >= 4 is 33.2 Å². The first-order valence-corrected chi connectivity index (χ1v) is 11.6. The minimum Gasteiger partial charge on any atom is -0.323 e. The highest BCUT2D eigenvalue weighted by Crippen LogP contribution is 2.31. The predicted molar refractivity (Wildman–Crippen MR) is 115 cm³/mol. The smallest absolute Gasteiger partial charge is 0.259 e. The Morgan fingerprint density at radius 3 is 2.43 bits per heavy atom. The molecule has 0 spiro atoms. The van der Waals surface area contributed by atoms with Crippen molar-refractivity contribution in [1.82, 2.24) is 4.31 Å². The van der Waals surface area contributed by atoms with E-state index in [-0.39, 0.29) is 28.8 Å². The quantitative estimate of drug-likeness (QED) is 0.815. The van der Waals surface area contributed by atoms with Gasteiger partial charge in [-0.2, -0.15) is 4.31 Å². The molecule has 1 saturated heterocycles. The molecule has 0 aromatic heterocycles. The number of nitrogens with one attached hydrogen (secondary N) is 1. The summed E-state index contributed by atoms with van der Waals surface area (Å²) in [7, 11) is -3.68. The maximum Gasteiger partial charge on any atom is 0.259 e. The van der Waals surface area contributed by atoms with Crippen molar-refractivity contribution in [1.29, 1.82) is 0 Å². The van der Waals surface area contributed by atoms with Crippen LogP contribution in [0, 0.1) is 6.92 Å². The second kappa shape index (κ2) is 8.20. The van der Waals surface area contributed by atoms with Gasteiger partial charge in [-0.05, 0) is 49.6 Å². The van der Waals surface area contributed by atoms with E-state index in [4.69, 9.17) is 0 Å². The Labute approximate surface area is 176 Å². The molecule has 2 aliphatic heterocycles. The molecule has 2 aliphatic rings. The number of hydrogen-bond donors (Lipinski definition) is 1. The van der Waals surface area contributed by atoms with Crippen LogP contribution in [0.15, 0.2) is 47.4 Å². The highest BCUT2D eigenvalue weighted by Gasteiger charge is 2.30. The van der Waals surface area contributed by atoms with Crippen molar-refractivity contribution in [2.24, 2.45) is 0 Å². The molecule has 0 radical (unpaired) electrons. The summed E-state index contributed by atoms with van der Waals surface area (Å²) in [5.74, 6) is -0.671. The topological polar surface area (TPSA) is 86.8 Å². The van der Waals surface area contributed by atoms with Crippen molar-refractivity contribution in [2.75, 3.05) is 29.9 Å². The molecule has 158 valence electrons.